The second-order valence-corrected chi connectivity index (χ2v) is 5.34. The van der Waals surface area contributed by atoms with Crippen molar-refractivity contribution in [2.75, 3.05) is 0 Å². The Morgan fingerprint density at radius 1 is 0.864 bits per heavy atom. The highest BCUT2D eigenvalue weighted by molar-refractivity contribution is 6.10. The number of benzene rings is 3. The normalized spacial score (nSPS) is 11.3. The Balaban J connectivity index is 2.15. The number of aromatic hydroxyl groups is 1. The van der Waals surface area contributed by atoms with Crippen molar-refractivity contribution in [1.29, 1.82) is 0 Å². The van der Waals surface area contributed by atoms with Gasteiger partial charge < -0.3 is 15.3 Å². The molecule has 108 valence electrons. The molecule has 22 heavy (non-hydrogen) atoms. The molecule has 0 unspecified atom stereocenters. The van der Waals surface area contributed by atoms with Gasteiger partial charge in [0, 0.05) is 28.4 Å². The molecule has 1 heterocycles. The fourth-order valence-electron chi connectivity index (χ4n) is 2.91. The topological polar surface area (TPSA) is 59.4 Å². The first-order chi connectivity index (χ1) is 10.8. The van der Waals surface area contributed by atoms with Crippen LogP contribution in [0.15, 0.2) is 65.1 Å². The summed E-state index contributed by atoms with van der Waals surface area (Å²) in [6.07, 6.45) is 0. The fraction of sp³-hybridized carbons (Fsp3) is 0.0526. The molecule has 3 heteroatoms. The zero-order valence-corrected chi connectivity index (χ0v) is 11.9. The van der Waals surface area contributed by atoms with Gasteiger partial charge in [-0.05, 0) is 29.8 Å². The predicted molar refractivity (Wildman–Crippen MR) is 88.7 cm³/mol. The van der Waals surface area contributed by atoms with Crippen LogP contribution in [0.25, 0.3) is 33.1 Å². The van der Waals surface area contributed by atoms with Gasteiger partial charge >= 0.3 is 0 Å². The molecule has 0 aliphatic carbocycles. The molecule has 0 saturated heterocycles. The lowest BCUT2D eigenvalue weighted by Crippen LogP contribution is -1.96. The third kappa shape index (κ3) is 1.87. The van der Waals surface area contributed by atoms with Crippen LogP contribution >= 0.6 is 0 Å². The van der Waals surface area contributed by atoms with Crippen molar-refractivity contribution in [3.8, 4) is 16.9 Å². The van der Waals surface area contributed by atoms with Crippen LogP contribution in [0.4, 0.5) is 0 Å². The molecule has 4 aromatic rings. The molecule has 0 saturated carbocycles. The van der Waals surface area contributed by atoms with Crippen LogP contribution in [0, 0.1) is 0 Å². The molecule has 0 bridgehead atoms. The summed E-state index contributed by atoms with van der Waals surface area (Å²) in [5, 5.41) is 12.3. The third-order valence-electron chi connectivity index (χ3n) is 3.97. The van der Waals surface area contributed by atoms with Gasteiger partial charge in [0.15, 0.2) is 0 Å². The van der Waals surface area contributed by atoms with Gasteiger partial charge in [0.05, 0.1) is 0 Å². The number of furan rings is 1. The molecule has 0 spiro atoms. The minimum atomic E-state index is 0.235. The first-order valence-corrected chi connectivity index (χ1v) is 7.20. The highest BCUT2D eigenvalue weighted by Gasteiger charge is 2.15. The van der Waals surface area contributed by atoms with Gasteiger partial charge in [0.1, 0.15) is 16.9 Å². The lowest BCUT2D eigenvalue weighted by molar-refractivity contribution is 0.477. The van der Waals surface area contributed by atoms with Gasteiger partial charge in [-0.2, -0.15) is 0 Å². The smallest absolute Gasteiger partial charge is 0.143 e. The van der Waals surface area contributed by atoms with E-state index in [1.807, 2.05) is 42.5 Å². The zero-order valence-electron chi connectivity index (χ0n) is 11.9. The van der Waals surface area contributed by atoms with Crippen LogP contribution < -0.4 is 5.73 Å². The predicted octanol–water partition coefficient (Wildman–Crippen LogP) is 4.42. The van der Waals surface area contributed by atoms with Gasteiger partial charge in [-0.3, -0.25) is 0 Å². The first-order valence-electron chi connectivity index (χ1n) is 7.20. The Hall–Kier alpha value is -2.78. The van der Waals surface area contributed by atoms with E-state index in [9.17, 15) is 5.11 Å². The van der Waals surface area contributed by atoms with Crippen LogP contribution in [0.3, 0.4) is 0 Å². The Kier molecular flexibility index (Phi) is 2.88. The molecule has 3 aromatic carbocycles. The van der Waals surface area contributed by atoms with E-state index in [4.69, 9.17) is 10.2 Å². The van der Waals surface area contributed by atoms with Crippen LogP contribution in [-0.2, 0) is 6.54 Å². The van der Waals surface area contributed by atoms with Gasteiger partial charge in [-0.1, -0.05) is 36.4 Å². The average molecular weight is 289 g/mol. The quantitative estimate of drug-likeness (QED) is 0.574. The maximum Gasteiger partial charge on any atom is 0.143 e. The van der Waals surface area contributed by atoms with E-state index in [0.717, 1.165) is 38.6 Å². The van der Waals surface area contributed by atoms with E-state index in [2.05, 4.69) is 6.07 Å². The van der Waals surface area contributed by atoms with Crippen LogP contribution in [0.1, 0.15) is 5.56 Å². The van der Waals surface area contributed by atoms with Crippen molar-refractivity contribution in [3.63, 3.8) is 0 Å². The van der Waals surface area contributed by atoms with Crippen molar-refractivity contribution in [1.82, 2.24) is 0 Å². The summed E-state index contributed by atoms with van der Waals surface area (Å²) in [6.45, 7) is 0.441. The molecule has 0 fully saturated rings. The number of hydrogen-bond acceptors (Lipinski definition) is 3. The Labute approximate surface area is 127 Å². The van der Waals surface area contributed by atoms with E-state index < -0.39 is 0 Å². The summed E-state index contributed by atoms with van der Waals surface area (Å²) in [6, 6.07) is 19.3. The minimum absolute atomic E-state index is 0.235. The van der Waals surface area contributed by atoms with Gasteiger partial charge in [-0.15, -0.1) is 0 Å². The SMILES string of the molecule is NCc1cc(-c2ccccc2O)c2oc3ccccc3c2c1. The van der Waals surface area contributed by atoms with Crippen molar-refractivity contribution >= 4 is 21.9 Å². The molecular formula is C19H15NO2. The maximum absolute atomic E-state index is 10.2. The molecule has 3 N–H and O–H groups in total. The van der Waals surface area contributed by atoms with E-state index in [1.54, 1.807) is 12.1 Å². The largest absolute Gasteiger partial charge is 0.507 e. The molecule has 1 aromatic heterocycles. The van der Waals surface area contributed by atoms with Crippen molar-refractivity contribution < 1.29 is 9.52 Å². The Bertz CT molecular complexity index is 985. The summed E-state index contributed by atoms with van der Waals surface area (Å²) in [5.41, 5.74) is 10.1. The summed E-state index contributed by atoms with van der Waals surface area (Å²) in [4.78, 5) is 0. The summed E-state index contributed by atoms with van der Waals surface area (Å²) in [7, 11) is 0. The van der Waals surface area contributed by atoms with Crippen molar-refractivity contribution in [2.24, 2.45) is 5.73 Å². The summed E-state index contributed by atoms with van der Waals surface area (Å²) >= 11 is 0. The van der Waals surface area contributed by atoms with Crippen molar-refractivity contribution in [3.05, 3.63) is 66.2 Å². The number of fused-ring (bicyclic) bond motifs is 3. The second-order valence-electron chi connectivity index (χ2n) is 5.34. The van der Waals surface area contributed by atoms with Crippen LogP contribution in [0.5, 0.6) is 5.75 Å². The molecule has 0 atom stereocenters. The van der Waals surface area contributed by atoms with Crippen LogP contribution in [-0.4, -0.2) is 5.11 Å². The Morgan fingerprint density at radius 2 is 1.64 bits per heavy atom. The molecule has 0 amide bonds. The standard InChI is InChI=1S/C19H15NO2/c20-11-12-9-15(13-5-1-3-7-17(13)21)19-16(10-12)14-6-2-4-8-18(14)22-19/h1-10,21H,11,20H2. The maximum atomic E-state index is 10.2. The van der Waals surface area contributed by atoms with Crippen molar-refractivity contribution in [2.45, 2.75) is 6.54 Å². The molecular weight excluding hydrogens is 274 g/mol. The Morgan fingerprint density at radius 3 is 2.45 bits per heavy atom. The van der Waals surface area contributed by atoms with Crippen LogP contribution in [0.2, 0.25) is 0 Å². The second kappa shape index (κ2) is 4.90. The highest BCUT2D eigenvalue weighted by Crippen LogP contribution is 2.39. The number of nitrogens with two attached hydrogens (primary N) is 1. The minimum Gasteiger partial charge on any atom is -0.507 e. The van der Waals surface area contributed by atoms with E-state index >= 15 is 0 Å². The number of hydrogen-bond donors (Lipinski definition) is 2. The first kappa shape index (κ1) is 12.9. The van der Waals surface area contributed by atoms with E-state index in [-0.39, 0.29) is 5.75 Å². The number of phenols is 1. The average Bonchev–Trinajstić information content (AvgIpc) is 2.93. The number of phenolic OH excluding ortho intramolecular Hbond substituents is 1. The van der Waals surface area contributed by atoms with E-state index in [1.165, 1.54) is 0 Å². The van der Waals surface area contributed by atoms with Gasteiger partial charge in [0.25, 0.3) is 0 Å². The molecule has 0 radical (unpaired) electrons. The molecule has 4 rings (SSSR count). The van der Waals surface area contributed by atoms with Gasteiger partial charge in [0.2, 0.25) is 0 Å². The molecule has 0 aliphatic heterocycles. The number of rotatable bonds is 2. The van der Waals surface area contributed by atoms with Gasteiger partial charge in [-0.25, -0.2) is 0 Å². The molecule has 3 nitrogen and oxygen atoms in total. The number of para-hydroxylation sites is 2. The lowest BCUT2D eigenvalue weighted by atomic mass is 9.98. The summed E-state index contributed by atoms with van der Waals surface area (Å²) in [5.74, 6) is 0.235. The monoisotopic (exact) mass is 289 g/mol. The fourth-order valence-corrected chi connectivity index (χ4v) is 2.91. The lowest BCUT2D eigenvalue weighted by Gasteiger charge is -2.07. The third-order valence-corrected chi connectivity index (χ3v) is 3.97. The zero-order chi connectivity index (χ0) is 15.1. The summed E-state index contributed by atoms with van der Waals surface area (Å²) < 4.78 is 6.04. The molecule has 0 aliphatic rings. The highest BCUT2D eigenvalue weighted by atomic mass is 16.3. The van der Waals surface area contributed by atoms with E-state index in [0.29, 0.717) is 6.54 Å².